The van der Waals surface area contributed by atoms with E-state index in [-0.39, 0.29) is 6.54 Å². The van der Waals surface area contributed by atoms with Crippen molar-refractivity contribution < 1.29 is 13.2 Å². The Hall–Kier alpha value is -0.290. The first kappa shape index (κ1) is 12.7. The minimum atomic E-state index is -4.05. The van der Waals surface area contributed by atoms with Crippen molar-refractivity contribution in [2.24, 2.45) is 5.73 Å². The van der Waals surface area contributed by atoms with Crippen LogP contribution >= 0.6 is 0 Å². The Morgan fingerprint density at radius 2 is 1.85 bits per heavy atom. The first-order valence-electron chi connectivity index (χ1n) is 4.48. The molecule has 2 nitrogen and oxygen atoms in total. The lowest BCUT2D eigenvalue weighted by Crippen LogP contribution is -2.30. The van der Waals surface area contributed by atoms with E-state index in [1.807, 2.05) is 6.92 Å². The molecule has 0 aliphatic rings. The normalized spacial score (nSPS) is 12.5. The maximum atomic E-state index is 11.8. The van der Waals surface area contributed by atoms with Gasteiger partial charge in [0.1, 0.15) is 0 Å². The topological polar surface area (TPSA) is 29.3 Å². The fraction of sp³-hybridized carbons (Fsp3) is 1.00. The number of hydrogen-bond donors (Lipinski definition) is 1. The van der Waals surface area contributed by atoms with Crippen LogP contribution < -0.4 is 5.73 Å². The molecule has 0 heterocycles. The number of rotatable bonds is 6. The first-order chi connectivity index (χ1) is 5.99. The van der Waals surface area contributed by atoms with E-state index in [0.717, 1.165) is 6.42 Å². The van der Waals surface area contributed by atoms with Gasteiger partial charge in [-0.1, -0.05) is 6.92 Å². The lowest BCUT2D eigenvalue weighted by atomic mass is 10.3. The van der Waals surface area contributed by atoms with Crippen LogP contribution in [0.1, 0.15) is 19.8 Å². The monoisotopic (exact) mass is 198 g/mol. The summed E-state index contributed by atoms with van der Waals surface area (Å²) >= 11 is 0. The van der Waals surface area contributed by atoms with Crippen molar-refractivity contribution in [3.63, 3.8) is 0 Å². The average molecular weight is 198 g/mol. The molecule has 80 valence electrons. The summed E-state index contributed by atoms with van der Waals surface area (Å²) in [5.41, 5.74) is 5.26. The average Bonchev–Trinajstić information content (AvgIpc) is 2.03. The van der Waals surface area contributed by atoms with Crippen LogP contribution in [0.3, 0.4) is 0 Å². The highest BCUT2D eigenvalue weighted by atomic mass is 19.4. The van der Waals surface area contributed by atoms with Gasteiger partial charge in [-0.15, -0.1) is 0 Å². The Morgan fingerprint density at radius 1 is 1.23 bits per heavy atom. The van der Waals surface area contributed by atoms with E-state index in [4.69, 9.17) is 5.73 Å². The van der Waals surface area contributed by atoms with E-state index in [2.05, 4.69) is 0 Å². The van der Waals surface area contributed by atoms with Crippen LogP contribution in [0.5, 0.6) is 0 Å². The van der Waals surface area contributed by atoms with Gasteiger partial charge < -0.3 is 10.6 Å². The first-order valence-corrected chi connectivity index (χ1v) is 4.48. The Balaban J connectivity index is 3.59. The van der Waals surface area contributed by atoms with Gasteiger partial charge in [0, 0.05) is 6.54 Å². The third-order valence-corrected chi connectivity index (χ3v) is 1.84. The number of alkyl halides is 3. The van der Waals surface area contributed by atoms with Crippen LogP contribution in [0.25, 0.3) is 0 Å². The summed E-state index contributed by atoms with van der Waals surface area (Å²) in [6.45, 7) is 3.77. The van der Waals surface area contributed by atoms with Gasteiger partial charge in [-0.05, 0) is 26.1 Å². The third-order valence-electron chi connectivity index (χ3n) is 1.84. The van der Waals surface area contributed by atoms with Crippen molar-refractivity contribution in [3.8, 4) is 0 Å². The summed E-state index contributed by atoms with van der Waals surface area (Å²) in [7, 11) is 0. The second-order valence-electron chi connectivity index (χ2n) is 2.94. The third kappa shape index (κ3) is 8.05. The summed E-state index contributed by atoms with van der Waals surface area (Å²) in [5, 5.41) is 0. The summed E-state index contributed by atoms with van der Waals surface area (Å²) in [4.78, 5) is 1.76. The predicted molar refractivity (Wildman–Crippen MR) is 46.5 cm³/mol. The van der Waals surface area contributed by atoms with E-state index in [1.165, 1.54) is 0 Å². The van der Waals surface area contributed by atoms with E-state index in [9.17, 15) is 13.2 Å². The molecule has 0 saturated carbocycles. The molecule has 0 bridgehead atoms. The highest BCUT2D eigenvalue weighted by Gasteiger charge is 2.27. The summed E-state index contributed by atoms with van der Waals surface area (Å²) in [6, 6.07) is 0. The van der Waals surface area contributed by atoms with Gasteiger partial charge >= 0.3 is 6.18 Å². The number of nitrogens with two attached hydrogens (primary N) is 1. The van der Waals surface area contributed by atoms with Crippen LogP contribution in [-0.2, 0) is 0 Å². The molecule has 0 spiro atoms. The minimum Gasteiger partial charge on any atom is -0.330 e. The molecule has 5 heteroatoms. The molecule has 2 N–H and O–H groups in total. The summed E-state index contributed by atoms with van der Waals surface area (Å²) < 4.78 is 35.5. The zero-order valence-corrected chi connectivity index (χ0v) is 7.90. The van der Waals surface area contributed by atoms with Crippen LogP contribution in [0, 0.1) is 0 Å². The molecular weight excluding hydrogens is 181 g/mol. The molecule has 0 aliphatic carbocycles. The summed E-state index contributed by atoms with van der Waals surface area (Å²) in [5.74, 6) is 0. The predicted octanol–water partition coefficient (Wildman–Crippen LogP) is 1.61. The second kappa shape index (κ2) is 6.21. The molecule has 0 aromatic carbocycles. The molecule has 0 aromatic rings. The Labute approximate surface area is 76.9 Å². The molecule has 0 rings (SSSR count). The van der Waals surface area contributed by atoms with Crippen molar-refractivity contribution in [1.29, 1.82) is 0 Å². The highest BCUT2D eigenvalue weighted by molar-refractivity contribution is 4.59. The van der Waals surface area contributed by atoms with Crippen molar-refractivity contribution in [2.45, 2.75) is 25.9 Å². The second-order valence-corrected chi connectivity index (χ2v) is 2.94. The lowest BCUT2D eigenvalue weighted by Gasteiger charge is -2.20. The van der Waals surface area contributed by atoms with Gasteiger partial charge in [-0.2, -0.15) is 13.2 Å². The van der Waals surface area contributed by atoms with Gasteiger partial charge in [0.15, 0.2) is 0 Å². The van der Waals surface area contributed by atoms with Gasteiger partial charge in [0.2, 0.25) is 0 Å². The molecule has 0 radical (unpaired) electrons. The molecular formula is C8H17F3N2. The van der Waals surface area contributed by atoms with E-state index in [1.54, 1.807) is 4.90 Å². The van der Waals surface area contributed by atoms with Crippen molar-refractivity contribution in [1.82, 2.24) is 4.90 Å². The molecule has 0 fully saturated rings. The minimum absolute atomic E-state index is 0.0833. The fourth-order valence-electron chi connectivity index (χ4n) is 1.03. The largest absolute Gasteiger partial charge is 0.390 e. The maximum absolute atomic E-state index is 11.8. The van der Waals surface area contributed by atoms with Gasteiger partial charge in [0.05, 0.1) is 6.42 Å². The fourth-order valence-corrected chi connectivity index (χ4v) is 1.03. The highest BCUT2D eigenvalue weighted by Crippen LogP contribution is 2.19. The van der Waals surface area contributed by atoms with Gasteiger partial charge in [0.25, 0.3) is 0 Å². The van der Waals surface area contributed by atoms with Gasteiger partial charge in [-0.25, -0.2) is 0 Å². The van der Waals surface area contributed by atoms with Crippen LogP contribution in [0.15, 0.2) is 0 Å². The zero-order valence-electron chi connectivity index (χ0n) is 7.90. The number of hydrogen-bond acceptors (Lipinski definition) is 2. The van der Waals surface area contributed by atoms with Crippen molar-refractivity contribution in [3.05, 3.63) is 0 Å². The van der Waals surface area contributed by atoms with Crippen molar-refractivity contribution >= 4 is 0 Å². The molecule has 0 atom stereocenters. The molecule has 0 aromatic heterocycles. The Kier molecular flexibility index (Phi) is 6.07. The molecule has 0 aliphatic heterocycles. The quantitative estimate of drug-likeness (QED) is 0.702. The Bertz CT molecular complexity index is 125. The summed E-state index contributed by atoms with van der Waals surface area (Å²) in [6.07, 6.45) is -4.02. The van der Waals surface area contributed by atoms with Gasteiger partial charge in [-0.3, -0.25) is 0 Å². The molecule has 0 amide bonds. The smallest absolute Gasteiger partial charge is 0.330 e. The van der Waals surface area contributed by atoms with Crippen LogP contribution in [0.4, 0.5) is 13.2 Å². The SMILES string of the molecule is CCN(CCCN)CCC(F)(F)F. The molecule has 0 unspecified atom stereocenters. The standard InChI is InChI=1S/C8H17F3N2/c1-2-13(6-3-5-12)7-4-8(9,10)11/h2-7,12H2,1H3. The van der Waals surface area contributed by atoms with Crippen LogP contribution in [0.2, 0.25) is 0 Å². The Morgan fingerprint density at radius 3 is 2.23 bits per heavy atom. The molecule has 0 saturated heterocycles. The van der Waals surface area contributed by atoms with Crippen LogP contribution in [-0.4, -0.2) is 37.3 Å². The van der Waals surface area contributed by atoms with E-state index < -0.39 is 12.6 Å². The molecule has 13 heavy (non-hydrogen) atoms. The van der Waals surface area contributed by atoms with Crippen molar-refractivity contribution in [2.75, 3.05) is 26.2 Å². The maximum Gasteiger partial charge on any atom is 0.390 e. The van der Waals surface area contributed by atoms with E-state index >= 15 is 0 Å². The number of halogens is 3. The van der Waals surface area contributed by atoms with E-state index in [0.29, 0.717) is 19.6 Å². The lowest BCUT2D eigenvalue weighted by molar-refractivity contribution is -0.137. The zero-order chi connectivity index (χ0) is 10.3. The number of nitrogens with zero attached hydrogens (tertiary/aromatic N) is 1.